The van der Waals surface area contributed by atoms with E-state index in [0.717, 1.165) is 54.6 Å². The number of benzene rings is 1. The van der Waals surface area contributed by atoms with Crippen LogP contribution in [0, 0.1) is 0 Å². The Bertz CT molecular complexity index is 1140. The van der Waals surface area contributed by atoms with Gasteiger partial charge in [0.05, 0.1) is 36.7 Å². The van der Waals surface area contributed by atoms with E-state index >= 15 is 0 Å². The Morgan fingerprint density at radius 1 is 1.13 bits per heavy atom. The van der Waals surface area contributed by atoms with Gasteiger partial charge in [0.25, 0.3) is 0 Å². The number of ether oxygens (including phenoxy) is 1. The Morgan fingerprint density at radius 3 is 2.70 bits per heavy atom. The SMILES string of the molecule is CC(CN)n1cc(-c2nc(-c3ccc(N4CCOCC4)cc3)cc3nccn23)cn1. The fourth-order valence-electron chi connectivity index (χ4n) is 3.74. The first kappa shape index (κ1) is 18.8. The molecule has 0 amide bonds. The van der Waals surface area contributed by atoms with Gasteiger partial charge in [0.2, 0.25) is 0 Å². The van der Waals surface area contributed by atoms with Gasteiger partial charge in [0, 0.05) is 55.5 Å². The van der Waals surface area contributed by atoms with Gasteiger partial charge in [-0.1, -0.05) is 12.1 Å². The summed E-state index contributed by atoms with van der Waals surface area (Å²) in [5, 5.41) is 4.47. The van der Waals surface area contributed by atoms with Crippen LogP contribution in [-0.4, -0.2) is 57.0 Å². The number of rotatable bonds is 5. The van der Waals surface area contributed by atoms with E-state index in [9.17, 15) is 0 Å². The normalized spacial score (nSPS) is 15.6. The maximum atomic E-state index is 5.79. The molecular formula is C22H25N7O. The lowest BCUT2D eigenvalue weighted by atomic mass is 10.1. The Morgan fingerprint density at radius 2 is 1.93 bits per heavy atom. The molecule has 1 atom stereocenters. The van der Waals surface area contributed by atoms with Gasteiger partial charge in [-0.25, -0.2) is 9.97 Å². The molecule has 1 unspecified atom stereocenters. The molecule has 1 aliphatic rings. The summed E-state index contributed by atoms with van der Waals surface area (Å²) in [6.45, 7) is 5.98. The highest BCUT2D eigenvalue weighted by atomic mass is 16.5. The Hall–Kier alpha value is -3.23. The van der Waals surface area contributed by atoms with Crippen molar-refractivity contribution in [2.24, 2.45) is 5.73 Å². The maximum Gasteiger partial charge on any atom is 0.149 e. The van der Waals surface area contributed by atoms with Gasteiger partial charge in [0.1, 0.15) is 11.5 Å². The zero-order chi connectivity index (χ0) is 20.5. The molecule has 8 heteroatoms. The molecule has 30 heavy (non-hydrogen) atoms. The van der Waals surface area contributed by atoms with Gasteiger partial charge >= 0.3 is 0 Å². The van der Waals surface area contributed by atoms with E-state index in [1.54, 1.807) is 6.20 Å². The van der Waals surface area contributed by atoms with Crippen molar-refractivity contribution in [3.05, 3.63) is 55.1 Å². The summed E-state index contributed by atoms with van der Waals surface area (Å²) in [4.78, 5) is 11.8. The number of anilines is 1. The number of imidazole rings is 1. The quantitative estimate of drug-likeness (QED) is 0.551. The molecular weight excluding hydrogens is 378 g/mol. The lowest BCUT2D eigenvalue weighted by Gasteiger charge is -2.28. The molecule has 0 bridgehead atoms. The molecule has 4 aromatic rings. The molecule has 0 spiro atoms. The fraction of sp³-hybridized carbons (Fsp3) is 0.318. The highest BCUT2D eigenvalue weighted by Gasteiger charge is 2.15. The topological polar surface area (TPSA) is 86.5 Å². The van der Waals surface area contributed by atoms with Crippen LogP contribution < -0.4 is 10.6 Å². The molecule has 2 N–H and O–H groups in total. The summed E-state index contributed by atoms with van der Waals surface area (Å²) < 4.78 is 9.32. The van der Waals surface area contributed by atoms with Crippen molar-refractivity contribution in [3.63, 3.8) is 0 Å². The third kappa shape index (κ3) is 3.44. The van der Waals surface area contributed by atoms with E-state index in [1.807, 2.05) is 40.7 Å². The summed E-state index contributed by atoms with van der Waals surface area (Å²) in [5.74, 6) is 0.813. The van der Waals surface area contributed by atoms with Crippen LogP contribution in [0.1, 0.15) is 13.0 Å². The second-order valence-corrected chi connectivity index (χ2v) is 7.56. The van der Waals surface area contributed by atoms with Crippen molar-refractivity contribution in [3.8, 4) is 22.6 Å². The van der Waals surface area contributed by atoms with E-state index in [2.05, 4.69) is 39.2 Å². The van der Waals surface area contributed by atoms with Crippen molar-refractivity contribution < 1.29 is 4.74 Å². The standard InChI is InChI=1S/C22H25N7O/c1-16(13-23)29-15-18(14-25-29)22-26-20(12-21-24-6-7-28(21)22)17-2-4-19(5-3-17)27-8-10-30-11-9-27/h2-7,12,14-16H,8-11,13,23H2,1H3. The Kier molecular flexibility index (Phi) is 4.94. The first-order valence-electron chi connectivity index (χ1n) is 10.2. The molecule has 8 nitrogen and oxygen atoms in total. The Balaban J connectivity index is 1.52. The van der Waals surface area contributed by atoms with Crippen LogP contribution in [0.3, 0.4) is 0 Å². The number of hydrogen-bond donors (Lipinski definition) is 1. The van der Waals surface area contributed by atoms with Crippen LogP contribution in [0.5, 0.6) is 0 Å². The summed E-state index contributed by atoms with van der Waals surface area (Å²) in [5.41, 5.74) is 10.7. The summed E-state index contributed by atoms with van der Waals surface area (Å²) >= 11 is 0. The van der Waals surface area contributed by atoms with Crippen LogP contribution in [0.2, 0.25) is 0 Å². The van der Waals surface area contributed by atoms with Gasteiger partial charge in [0.15, 0.2) is 0 Å². The number of hydrogen-bond acceptors (Lipinski definition) is 6. The van der Waals surface area contributed by atoms with E-state index in [4.69, 9.17) is 15.5 Å². The highest BCUT2D eigenvalue weighted by Crippen LogP contribution is 2.27. The molecule has 0 aliphatic carbocycles. The average molecular weight is 403 g/mol. The predicted molar refractivity (Wildman–Crippen MR) is 116 cm³/mol. The number of aromatic nitrogens is 5. The van der Waals surface area contributed by atoms with Crippen molar-refractivity contribution >= 4 is 11.3 Å². The van der Waals surface area contributed by atoms with E-state index in [-0.39, 0.29) is 6.04 Å². The predicted octanol–water partition coefficient (Wildman–Crippen LogP) is 2.62. The minimum absolute atomic E-state index is 0.132. The lowest BCUT2D eigenvalue weighted by molar-refractivity contribution is 0.122. The molecule has 1 fully saturated rings. The number of nitrogens with two attached hydrogens (primary N) is 1. The molecule has 1 aromatic carbocycles. The van der Waals surface area contributed by atoms with Gasteiger partial charge < -0.3 is 15.4 Å². The summed E-state index contributed by atoms with van der Waals surface area (Å²) in [6, 6.07) is 10.7. The molecule has 154 valence electrons. The minimum atomic E-state index is 0.132. The van der Waals surface area contributed by atoms with E-state index in [1.165, 1.54) is 5.69 Å². The third-order valence-electron chi connectivity index (χ3n) is 5.58. The largest absolute Gasteiger partial charge is 0.378 e. The van der Waals surface area contributed by atoms with Crippen molar-refractivity contribution in [2.75, 3.05) is 37.7 Å². The highest BCUT2D eigenvalue weighted by molar-refractivity contribution is 5.70. The monoisotopic (exact) mass is 403 g/mol. The second kappa shape index (κ2) is 7.89. The van der Waals surface area contributed by atoms with Crippen molar-refractivity contribution in [2.45, 2.75) is 13.0 Å². The lowest BCUT2D eigenvalue weighted by Crippen LogP contribution is -2.36. The van der Waals surface area contributed by atoms with Gasteiger partial charge in [-0.05, 0) is 19.1 Å². The van der Waals surface area contributed by atoms with Crippen LogP contribution in [0.25, 0.3) is 28.3 Å². The second-order valence-electron chi connectivity index (χ2n) is 7.56. The molecule has 1 aliphatic heterocycles. The van der Waals surface area contributed by atoms with Gasteiger partial charge in [-0.15, -0.1) is 0 Å². The molecule has 5 rings (SSSR count). The van der Waals surface area contributed by atoms with Crippen molar-refractivity contribution in [1.82, 2.24) is 24.1 Å². The minimum Gasteiger partial charge on any atom is -0.378 e. The van der Waals surface area contributed by atoms with Crippen LogP contribution in [0.4, 0.5) is 5.69 Å². The fourth-order valence-corrected chi connectivity index (χ4v) is 3.74. The number of nitrogens with zero attached hydrogens (tertiary/aromatic N) is 6. The molecule has 1 saturated heterocycles. The first-order chi connectivity index (χ1) is 14.7. The smallest absolute Gasteiger partial charge is 0.149 e. The zero-order valence-corrected chi connectivity index (χ0v) is 17.0. The van der Waals surface area contributed by atoms with Gasteiger partial charge in [-0.3, -0.25) is 9.08 Å². The number of fused-ring (bicyclic) bond motifs is 1. The van der Waals surface area contributed by atoms with Crippen LogP contribution in [0.15, 0.2) is 55.1 Å². The molecule has 3 aromatic heterocycles. The maximum absolute atomic E-state index is 5.79. The summed E-state index contributed by atoms with van der Waals surface area (Å²) in [7, 11) is 0. The number of morpholine rings is 1. The summed E-state index contributed by atoms with van der Waals surface area (Å²) in [6.07, 6.45) is 7.54. The first-order valence-corrected chi connectivity index (χ1v) is 10.2. The van der Waals surface area contributed by atoms with Crippen molar-refractivity contribution in [1.29, 1.82) is 0 Å². The van der Waals surface area contributed by atoms with Crippen LogP contribution in [-0.2, 0) is 4.74 Å². The van der Waals surface area contributed by atoms with E-state index in [0.29, 0.717) is 6.54 Å². The molecule has 4 heterocycles. The third-order valence-corrected chi connectivity index (χ3v) is 5.58. The Labute approximate surface area is 174 Å². The zero-order valence-electron chi connectivity index (χ0n) is 17.0. The average Bonchev–Trinajstić information content (AvgIpc) is 3.48. The molecule has 0 saturated carbocycles. The van der Waals surface area contributed by atoms with Crippen LogP contribution >= 0.6 is 0 Å². The van der Waals surface area contributed by atoms with Gasteiger partial charge in [-0.2, -0.15) is 5.10 Å². The van der Waals surface area contributed by atoms with E-state index < -0.39 is 0 Å². The molecule has 0 radical (unpaired) electrons.